The Morgan fingerprint density at radius 2 is 1.69 bits per heavy atom. The Bertz CT molecular complexity index is 1090. The average Bonchev–Trinajstić information content (AvgIpc) is 2.93. The quantitative estimate of drug-likeness (QED) is 0.375. The molecule has 3 rings (SSSR count). The van der Waals surface area contributed by atoms with Gasteiger partial charge < -0.3 is 30.7 Å². The number of urea groups is 1. The molecule has 0 aliphatic carbocycles. The molecule has 9 nitrogen and oxygen atoms in total. The summed E-state index contributed by atoms with van der Waals surface area (Å²) < 4.78 is 19.2. The van der Waals surface area contributed by atoms with Crippen molar-refractivity contribution in [2.24, 2.45) is 11.7 Å². The largest absolute Gasteiger partial charge is 0.493 e. The van der Waals surface area contributed by atoms with E-state index in [1.54, 1.807) is 21.9 Å². The van der Waals surface area contributed by atoms with Crippen LogP contribution in [0.3, 0.4) is 0 Å². The fourth-order valence-electron chi connectivity index (χ4n) is 4.43. The molecule has 1 saturated heterocycles. The molecule has 1 heterocycles. The number of carbonyl (C=O) groups is 3. The molecule has 2 aromatic rings. The Morgan fingerprint density at radius 1 is 1.08 bits per heavy atom. The number of nitrogens with zero attached hydrogens (tertiary/aromatic N) is 2. The molecule has 0 spiro atoms. The van der Waals surface area contributed by atoms with Crippen molar-refractivity contribution in [2.45, 2.75) is 64.7 Å². The van der Waals surface area contributed by atoms with Gasteiger partial charge in [-0.1, -0.05) is 38.1 Å². The van der Waals surface area contributed by atoms with Gasteiger partial charge in [-0.15, -0.1) is 0 Å². The zero-order chi connectivity index (χ0) is 28.4. The second kappa shape index (κ2) is 14.5. The van der Waals surface area contributed by atoms with Crippen LogP contribution < -0.4 is 15.8 Å². The number of amides is 3. The minimum absolute atomic E-state index is 0.0814. The third kappa shape index (κ3) is 9.55. The van der Waals surface area contributed by atoms with E-state index in [0.29, 0.717) is 51.5 Å². The zero-order valence-corrected chi connectivity index (χ0v) is 22.6. The van der Waals surface area contributed by atoms with Crippen LogP contribution in [0.4, 0.5) is 9.18 Å². The summed E-state index contributed by atoms with van der Waals surface area (Å²) in [5.41, 5.74) is 7.65. The fourth-order valence-corrected chi connectivity index (χ4v) is 4.43. The first-order chi connectivity index (χ1) is 18.6. The summed E-state index contributed by atoms with van der Waals surface area (Å²) in [6.07, 6.45) is 1.02. The first kappa shape index (κ1) is 29.9. The van der Waals surface area contributed by atoms with Gasteiger partial charge in [0, 0.05) is 38.6 Å². The van der Waals surface area contributed by atoms with Gasteiger partial charge in [-0.25, -0.2) is 9.18 Å². The number of likely N-dealkylation sites (tertiary alicyclic amines) is 1. The molecule has 0 unspecified atom stereocenters. The highest BCUT2D eigenvalue weighted by Crippen LogP contribution is 2.21. The van der Waals surface area contributed by atoms with Crippen LogP contribution in [0.25, 0.3) is 0 Å². The molecule has 2 aromatic carbocycles. The van der Waals surface area contributed by atoms with Crippen LogP contribution in [-0.2, 0) is 22.7 Å². The molecule has 1 atom stereocenters. The number of nitrogens with two attached hydrogens (primary N) is 1. The second-order valence-corrected chi connectivity index (χ2v) is 10.4. The number of hydrogen-bond acceptors (Lipinski definition) is 5. The van der Waals surface area contributed by atoms with Gasteiger partial charge in [0.1, 0.15) is 11.6 Å². The first-order valence-electron chi connectivity index (χ1n) is 13.4. The van der Waals surface area contributed by atoms with E-state index in [0.717, 1.165) is 16.9 Å². The number of carbonyl (C=O) groups excluding carboxylic acids is 2. The van der Waals surface area contributed by atoms with Crippen LogP contribution >= 0.6 is 0 Å². The summed E-state index contributed by atoms with van der Waals surface area (Å²) in [5, 5.41) is 11.8. The minimum Gasteiger partial charge on any atom is -0.493 e. The van der Waals surface area contributed by atoms with Crippen LogP contribution in [-0.4, -0.2) is 64.6 Å². The lowest BCUT2D eigenvalue weighted by Gasteiger charge is -2.39. The number of benzene rings is 2. The lowest BCUT2D eigenvalue weighted by atomic mass is 10.0. The molecule has 4 N–H and O–H groups in total. The number of carboxylic acid groups (broad SMARTS) is 1. The van der Waals surface area contributed by atoms with E-state index >= 15 is 0 Å². The van der Waals surface area contributed by atoms with Gasteiger partial charge in [-0.05, 0) is 60.6 Å². The Kier molecular flexibility index (Phi) is 11.1. The smallest absolute Gasteiger partial charge is 0.318 e. The Morgan fingerprint density at radius 3 is 2.28 bits per heavy atom. The molecular formula is C29H39FN4O5. The minimum atomic E-state index is -0.991. The number of piperidine rings is 1. The molecule has 1 aliphatic rings. The zero-order valence-electron chi connectivity index (χ0n) is 22.6. The molecule has 10 heteroatoms. The van der Waals surface area contributed by atoms with E-state index in [2.05, 4.69) is 19.2 Å². The molecule has 0 saturated carbocycles. The first-order valence-corrected chi connectivity index (χ1v) is 13.4. The molecule has 0 aromatic heterocycles. The van der Waals surface area contributed by atoms with Crippen molar-refractivity contribution in [1.29, 1.82) is 0 Å². The van der Waals surface area contributed by atoms with E-state index in [-0.39, 0.29) is 36.6 Å². The van der Waals surface area contributed by atoms with Crippen molar-refractivity contribution in [3.05, 3.63) is 65.5 Å². The van der Waals surface area contributed by atoms with Crippen LogP contribution in [0, 0.1) is 11.7 Å². The van der Waals surface area contributed by atoms with E-state index in [4.69, 9.17) is 15.6 Å². The topological polar surface area (TPSA) is 125 Å². The highest BCUT2D eigenvalue weighted by atomic mass is 19.1. The van der Waals surface area contributed by atoms with Gasteiger partial charge in [0.25, 0.3) is 0 Å². The van der Waals surface area contributed by atoms with Crippen molar-refractivity contribution in [2.75, 3.05) is 19.7 Å². The molecule has 1 aliphatic heterocycles. The highest BCUT2D eigenvalue weighted by Gasteiger charge is 2.31. The maximum Gasteiger partial charge on any atom is 0.318 e. The lowest BCUT2D eigenvalue weighted by molar-refractivity contribution is -0.138. The van der Waals surface area contributed by atoms with Crippen LogP contribution in [0.2, 0.25) is 0 Å². The normalized spacial score (nSPS) is 14.6. The van der Waals surface area contributed by atoms with E-state index in [9.17, 15) is 18.8 Å². The van der Waals surface area contributed by atoms with Crippen LogP contribution in [0.1, 0.15) is 50.7 Å². The van der Waals surface area contributed by atoms with Crippen LogP contribution in [0.15, 0.2) is 48.5 Å². The molecule has 0 radical (unpaired) electrons. The van der Waals surface area contributed by atoms with Crippen molar-refractivity contribution < 1.29 is 28.6 Å². The van der Waals surface area contributed by atoms with Gasteiger partial charge in [-0.3, -0.25) is 9.59 Å². The average molecular weight is 543 g/mol. The number of ether oxygens (including phenoxy) is 1. The Labute approximate surface area is 229 Å². The maximum absolute atomic E-state index is 13.5. The van der Waals surface area contributed by atoms with Crippen molar-refractivity contribution >= 4 is 17.9 Å². The summed E-state index contributed by atoms with van der Waals surface area (Å²) in [7, 11) is 0. The summed E-state index contributed by atoms with van der Waals surface area (Å²) in [4.78, 5) is 40.2. The Hall–Kier alpha value is -3.66. The molecule has 3 amide bonds. The number of rotatable bonds is 12. The SMILES string of the molecule is CC(C)COc1ccc(CNC(=O)N(Cc2ccc(F)cc2)C2CCN(C(=O)[C@@H](N)CCC(=O)O)CC2)cc1. The number of hydrogen-bond donors (Lipinski definition) is 3. The van der Waals surface area contributed by atoms with Crippen molar-refractivity contribution in [1.82, 2.24) is 15.1 Å². The molecule has 212 valence electrons. The number of nitrogens with one attached hydrogen (secondary N) is 1. The van der Waals surface area contributed by atoms with E-state index in [1.807, 2.05) is 24.3 Å². The van der Waals surface area contributed by atoms with Crippen molar-refractivity contribution in [3.63, 3.8) is 0 Å². The van der Waals surface area contributed by atoms with E-state index < -0.39 is 12.0 Å². The maximum atomic E-state index is 13.5. The molecular weight excluding hydrogens is 503 g/mol. The Balaban J connectivity index is 1.61. The van der Waals surface area contributed by atoms with E-state index in [1.165, 1.54) is 12.1 Å². The number of halogens is 1. The summed E-state index contributed by atoms with van der Waals surface area (Å²) >= 11 is 0. The predicted molar refractivity (Wildman–Crippen MR) is 145 cm³/mol. The van der Waals surface area contributed by atoms with Gasteiger partial charge in [-0.2, -0.15) is 0 Å². The van der Waals surface area contributed by atoms with Gasteiger partial charge in [0.2, 0.25) is 5.91 Å². The molecule has 0 bridgehead atoms. The lowest BCUT2D eigenvalue weighted by Crippen LogP contribution is -2.53. The predicted octanol–water partition coefficient (Wildman–Crippen LogP) is 3.76. The van der Waals surface area contributed by atoms with Crippen LogP contribution in [0.5, 0.6) is 5.75 Å². The van der Waals surface area contributed by atoms with Gasteiger partial charge >= 0.3 is 12.0 Å². The number of carboxylic acids is 1. The third-order valence-electron chi connectivity index (χ3n) is 6.68. The molecule has 1 fully saturated rings. The standard InChI is InChI=1S/C29H39FN4O5/c1-20(2)19-39-25-9-5-21(6-10-25)17-32-29(38)34(18-22-3-7-23(30)8-4-22)24-13-15-33(16-14-24)28(37)26(31)11-12-27(35)36/h3-10,20,24,26H,11-19,31H2,1-2H3,(H,32,38)(H,35,36)/t26-/m0/s1. The molecule has 39 heavy (non-hydrogen) atoms. The highest BCUT2D eigenvalue weighted by molar-refractivity contribution is 5.82. The monoisotopic (exact) mass is 542 g/mol. The second-order valence-electron chi connectivity index (χ2n) is 10.4. The fraction of sp³-hybridized carbons (Fsp3) is 0.483. The van der Waals surface area contributed by atoms with Gasteiger partial charge in [0.15, 0.2) is 0 Å². The number of aliphatic carboxylic acids is 1. The van der Waals surface area contributed by atoms with Gasteiger partial charge in [0.05, 0.1) is 12.6 Å². The summed E-state index contributed by atoms with van der Waals surface area (Å²) in [6, 6.07) is 12.4. The third-order valence-corrected chi connectivity index (χ3v) is 6.68. The summed E-state index contributed by atoms with van der Waals surface area (Å²) in [5.74, 6) is -0.406. The van der Waals surface area contributed by atoms with Crippen molar-refractivity contribution in [3.8, 4) is 5.75 Å². The summed E-state index contributed by atoms with van der Waals surface area (Å²) in [6.45, 7) is 6.25.